The van der Waals surface area contributed by atoms with Gasteiger partial charge in [0.25, 0.3) is 5.91 Å². The quantitative estimate of drug-likeness (QED) is 0.799. The Morgan fingerprint density at radius 1 is 1.29 bits per heavy atom. The fourth-order valence-electron chi connectivity index (χ4n) is 2.47. The van der Waals surface area contributed by atoms with Crippen LogP contribution in [0, 0.1) is 0 Å². The molecule has 0 aromatic carbocycles. The average molecular weight is 348 g/mol. The minimum absolute atomic E-state index is 0.0792. The number of hydrogen-bond donors (Lipinski definition) is 1. The van der Waals surface area contributed by atoms with Crippen LogP contribution in [0.3, 0.4) is 0 Å². The summed E-state index contributed by atoms with van der Waals surface area (Å²) in [6, 6.07) is 0. The highest BCUT2D eigenvalue weighted by molar-refractivity contribution is 7.17. The summed E-state index contributed by atoms with van der Waals surface area (Å²) in [5.41, 5.74) is 0.843. The van der Waals surface area contributed by atoms with Crippen molar-refractivity contribution in [3.63, 3.8) is 0 Å². The summed E-state index contributed by atoms with van der Waals surface area (Å²) < 4.78 is 10.2. The second-order valence-corrected chi connectivity index (χ2v) is 6.27. The molecule has 0 bridgehead atoms. The number of rotatable bonds is 6. The number of ether oxygens (including phenoxy) is 2. The number of nitrogens with one attached hydrogen (secondary N) is 1. The molecule has 2 aromatic heterocycles. The molecule has 2 aromatic rings. The van der Waals surface area contributed by atoms with Crippen molar-refractivity contribution in [3.8, 4) is 11.8 Å². The number of hydrogen-bond acceptors (Lipinski definition) is 8. The van der Waals surface area contributed by atoms with Gasteiger partial charge in [-0.15, -0.1) is 0 Å². The highest BCUT2D eigenvalue weighted by atomic mass is 32.1. The zero-order valence-electron chi connectivity index (χ0n) is 13.2. The highest BCUT2D eigenvalue weighted by Gasteiger charge is 2.27. The lowest BCUT2D eigenvalue weighted by Gasteiger charge is -2.23. The lowest BCUT2D eigenvalue weighted by molar-refractivity contribution is 0.101. The standard InChI is InChI=1S/C15H16N4O4S/c1-22-13-10(14(23-2)17-7-16-13)12(21)19-15-18-11(8-4-3-5-8)9(6-20)24-15/h6-8H,3-5H2,1-2H3,(H,18,19,21). The van der Waals surface area contributed by atoms with E-state index in [2.05, 4.69) is 20.3 Å². The molecule has 126 valence electrons. The summed E-state index contributed by atoms with van der Waals surface area (Å²) in [6.07, 6.45) is 5.21. The molecule has 9 heteroatoms. The largest absolute Gasteiger partial charge is 0.480 e. The third-order valence-electron chi connectivity index (χ3n) is 3.89. The van der Waals surface area contributed by atoms with Gasteiger partial charge in [0.15, 0.2) is 17.0 Å². The summed E-state index contributed by atoms with van der Waals surface area (Å²) in [5.74, 6) is 0.00311. The van der Waals surface area contributed by atoms with E-state index in [0.29, 0.717) is 15.9 Å². The molecular formula is C15H16N4O4S. The Kier molecular flexibility index (Phi) is 4.70. The summed E-state index contributed by atoms with van der Waals surface area (Å²) in [6.45, 7) is 0. The van der Waals surface area contributed by atoms with E-state index in [1.54, 1.807) is 0 Å². The van der Waals surface area contributed by atoms with Crippen molar-refractivity contribution in [2.24, 2.45) is 0 Å². The Bertz CT molecular complexity index is 751. The van der Waals surface area contributed by atoms with E-state index in [9.17, 15) is 9.59 Å². The minimum atomic E-state index is -0.504. The third kappa shape index (κ3) is 2.94. The van der Waals surface area contributed by atoms with Crippen LogP contribution in [0.25, 0.3) is 0 Å². The molecule has 0 radical (unpaired) electrons. The van der Waals surface area contributed by atoms with Crippen molar-refractivity contribution in [1.82, 2.24) is 15.0 Å². The van der Waals surface area contributed by atoms with Crippen LogP contribution >= 0.6 is 11.3 Å². The van der Waals surface area contributed by atoms with E-state index >= 15 is 0 Å². The van der Waals surface area contributed by atoms with Crippen molar-refractivity contribution < 1.29 is 19.1 Å². The number of anilines is 1. The second kappa shape index (κ2) is 6.91. The Balaban J connectivity index is 1.88. The molecule has 1 N–H and O–H groups in total. The van der Waals surface area contributed by atoms with Gasteiger partial charge in [-0.25, -0.2) is 15.0 Å². The summed E-state index contributed by atoms with van der Waals surface area (Å²) in [5, 5.41) is 3.03. The first-order chi connectivity index (χ1) is 11.7. The van der Waals surface area contributed by atoms with Crippen LogP contribution in [0.4, 0.5) is 5.13 Å². The van der Waals surface area contributed by atoms with Crippen LogP contribution < -0.4 is 14.8 Å². The first-order valence-electron chi connectivity index (χ1n) is 7.38. The van der Waals surface area contributed by atoms with E-state index in [0.717, 1.165) is 42.6 Å². The van der Waals surface area contributed by atoms with Gasteiger partial charge in [-0.2, -0.15) is 0 Å². The molecule has 2 heterocycles. The summed E-state index contributed by atoms with van der Waals surface area (Å²) in [4.78, 5) is 36.6. The summed E-state index contributed by atoms with van der Waals surface area (Å²) in [7, 11) is 2.81. The highest BCUT2D eigenvalue weighted by Crippen LogP contribution is 2.40. The number of amides is 1. The number of aldehydes is 1. The van der Waals surface area contributed by atoms with Gasteiger partial charge in [-0.3, -0.25) is 14.9 Å². The van der Waals surface area contributed by atoms with Crippen LogP contribution in [-0.2, 0) is 0 Å². The van der Waals surface area contributed by atoms with Crippen molar-refractivity contribution in [2.45, 2.75) is 25.2 Å². The van der Waals surface area contributed by atoms with Crippen LogP contribution in [0.15, 0.2) is 6.33 Å². The van der Waals surface area contributed by atoms with E-state index in [-0.39, 0.29) is 17.3 Å². The molecule has 0 aliphatic heterocycles. The van der Waals surface area contributed by atoms with Crippen molar-refractivity contribution in [3.05, 3.63) is 22.5 Å². The lowest BCUT2D eigenvalue weighted by atomic mass is 9.82. The first kappa shape index (κ1) is 16.3. The Labute approximate surface area is 142 Å². The van der Waals surface area contributed by atoms with E-state index in [1.807, 2.05) is 0 Å². The maximum absolute atomic E-state index is 12.6. The molecule has 1 aliphatic rings. The molecule has 0 atom stereocenters. The Hall–Kier alpha value is -2.55. The number of carbonyl (C=O) groups is 2. The number of carbonyl (C=O) groups excluding carboxylic acids is 2. The monoisotopic (exact) mass is 348 g/mol. The van der Waals surface area contributed by atoms with Crippen LogP contribution in [0.5, 0.6) is 11.8 Å². The molecule has 0 spiro atoms. The molecule has 0 saturated heterocycles. The van der Waals surface area contributed by atoms with Gasteiger partial charge in [0, 0.05) is 5.92 Å². The SMILES string of the molecule is COc1ncnc(OC)c1C(=O)Nc1nc(C2CCC2)c(C=O)s1. The Morgan fingerprint density at radius 3 is 2.46 bits per heavy atom. The topological polar surface area (TPSA) is 103 Å². The zero-order chi connectivity index (χ0) is 17.1. The van der Waals surface area contributed by atoms with Crippen LogP contribution in [0.1, 0.15) is 50.9 Å². The second-order valence-electron chi connectivity index (χ2n) is 5.24. The van der Waals surface area contributed by atoms with E-state index in [4.69, 9.17) is 9.47 Å². The fraction of sp³-hybridized carbons (Fsp3) is 0.400. The van der Waals surface area contributed by atoms with Crippen LogP contribution in [0.2, 0.25) is 0 Å². The molecule has 1 saturated carbocycles. The molecular weight excluding hydrogens is 332 g/mol. The average Bonchev–Trinajstić information content (AvgIpc) is 2.94. The van der Waals surface area contributed by atoms with Gasteiger partial charge in [0.1, 0.15) is 6.33 Å². The smallest absolute Gasteiger partial charge is 0.268 e. The van der Waals surface area contributed by atoms with Gasteiger partial charge in [0.05, 0.1) is 24.8 Å². The molecule has 0 unspecified atom stereocenters. The van der Waals surface area contributed by atoms with Gasteiger partial charge in [0.2, 0.25) is 11.8 Å². The molecule has 1 aliphatic carbocycles. The van der Waals surface area contributed by atoms with Gasteiger partial charge in [-0.1, -0.05) is 17.8 Å². The number of nitrogens with zero attached hydrogens (tertiary/aromatic N) is 3. The van der Waals surface area contributed by atoms with E-state index in [1.165, 1.54) is 20.5 Å². The van der Waals surface area contributed by atoms with Gasteiger partial charge < -0.3 is 9.47 Å². The lowest BCUT2D eigenvalue weighted by Crippen LogP contribution is -2.16. The third-order valence-corrected chi connectivity index (χ3v) is 4.80. The Morgan fingerprint density at radius 2 is 1.96 bits per heavy atom. The fourth-order valence-corrected chi connectivity index (χ4v) is 3.33. The predicted octanol–water partition coefficient (Wildman–Crippen LogP) is 2.28. The van der Waals surface area contributed by atoms with Gasteiger partial charge in [-0.05, 0) is 12.8 Å². The van der Waals surface area contributed by atoms with Crippen LogP contribution in [-0.4, -0.2) is 41.4 Å². The van der Waals surface area contributed by atoms with Gasteiger partial charge >= 0.3 is 0 Å². The number of thiazole rings is 1. The molecule has 24 heavy (non-hydrogen) atoms. The minimum Gasteiger partial charge on any atom is -0.480 e. The predicted molar refractivity (Wildman–Crippen MR) is 87.2 cm³/mol. The van der Waals surface area contributed by atoms with Crippen molar-refractivity contribution in [1.29, 1.82) is 0 Å². The number of methoxy groups -OCH3 is 2. The summed E-state index contributed by atoms with van der Waals surface area (Å²) >= 11 is 1.15. The molecule has 8 nitrogen and oxygen atoms in total. The molecule has 3 rings (SSSR count). The van der Waals surface area contributed by atoms with E-state index < -0.39 is 5.91 Å². The van der Waals surface area contributed by atoms with Crippen molar-refractivity contribution >= 4 is 28.7 Å². The first-order valence-corrected chi connectivity index (χ1v) is 8.19. The number of aromatic nitrogens is 3. The maximum Gasteiger partial charge on any atom is 0.268 e. The molecule has 1 fully saturated rings. The molecule has 1 amide bonds. The maximum atomic E-state index is 12.6. The normalized spacial score (nSPS) is 13.9. The zero-order valence-corrected chi connectivity index (χ0v) is 14.1. The van der Waals surface area contributed by atoms with Crippen molar-refractivity contribution in [2.75, 3.05) is 19.5 Å².